The minimum Gasteiger partial charge on any atom is -0.367 e. The van der Waals surface area contributed by atoms with E-state index in [0.717, 1.165) is 38.0 Å². The number of nitrogens with zero attached hydrogens (tertiary/aromatic N) is 2. The second kappa shape index (κ2) is 7.69. The van der Waals surface area contributed by atoms with Crippen LogP contribution in [0.1, 0.15) is 32.3 Å². The molecule has 0 bridgehead atoms. The van der Waals surface area contributed by atoms with Gasteiger partial charge in [-0.15, -0.1) is 12.4 Å². The fourth-order valence-corrected chi connectivity index (χ4v) is 5.75. The third-order valence-corrected chi connectivity index (χ3v) is 7.83. The van der Waals surface area contributed by atoms with Crippen LogP contribution in [-0.4, -0.2) is 46.0 Å². The first-order chi connectivity index (χ1) is 12.8. The second-order valence-corrected chi connectivity index (χ2v) is 10.5. The van der Waals surface area contributed by atoms with E-state index in [1.165, 1.54) is 5.69 Å². The van der Waals surface area contributed by atoms with E-state index in [-0.39, 0.29) is 17.8 Å². The van der Waals surface area contributed by atoms with Gasteiger partial charge in [-0.2, -0.15) is 0 Å². The highest BCUT2D eigenvalue weighted by molar-refractivity contribution is 7.91. The number of rotatable bonds is 3. The number of piperidine rings is 1. The molecule has 0 aliphatic carbocycles. The van der Waals surface area contributed by atoms with E-state index in [4.69, 9.17) is 0 Å². The number of hydrogen-bond acceptors (Lipinski definition) is 4. The molecular formula is C22H29ClN2O2S. The predicted molar refractivity (Wildman–Crippen MR) is 116 cm³/mol. The van der Waals surface area contributed by atoms with Crippen molar-refractivity contribution in [3.8, 4) is 0 Å². The lowest BCUT2D eigenvalue weighted by Crippen LogP contribution is -2.44. The summed E-state index contributed by atoms with van der Waals surface area (Å²) in [5.74, 6) is 0. The Kier molecular flexibility index (Phi) is 5.81. The van der Waals surface area contributed by atoms with Gasteiger partial charge in [-0.05, 0) is 68.9 Å². The van der Waals surface area contributed by atoms with Crippen LogP contribution in [0.4, 0.5) is 5.69 Å². The normalized spacial score (nSPS) is 19.9. The topological polar surface area (TPSA) is 40.6 Å². The minimum absolute atomic E-state index is 0. The number of hydrogen-bond donors (Lipinski definition) is 0. The Hall–Kier alpha value is -1.56. The third kappa shape index (κ3) is 3.68. The molecule has 0 unspecified atom stereocenters. The molecule has 0 spiro atoms. The molecule has 4 rings (SSSR count). The van der Waals surface area contributed by atoms with Crippen LogP contribution in [0, 0.1) is 0 Å². The van der Waals surface area contributed by atoms with Gasteiger partial charge in [-0.1, -0.05) is 32.0 Å². The zero-order chi connectivity index (χ0) is 19.2. The average Bonchev–Trinajstić information content (AvgIpc) is 2.94. The molecule has 2 aromatic rings. The van der Waals surface area contributed by atoms with Gasteiger partial charge in [0.1, 0.15) is 0 Å². The SMILES string of the molecule is CN1CCC(N2CC(C)(C)c3cc(S(=O)(=O)c4ccccc4)ccc32)CC1.Cl. The molecule has 152 valence electrons. The first-order valence-corrected chi connectivity index (χ1v) is 11.2. The number of anilines is 1. The smallest absolute Gasteiger partial charge is 0.206 e. The van der Waals surface area contributed by atoms with Crippen molar-refractivity contribution in [2.24, 2.45) is 0 Å². The Bertz CT molecular complexity index is 936. The highest BCUT2D eigenvalue weighted by Gasteiger charge is 2.39. The third-order valence-electron chi connectivity index (χ3n) is 6.06. The Balaban J connectivity index is 0.00000225. The monoisotopic (exact) mass is 420 g/mol. The molecule has 4 nitrogen and oxygen atoms in total. The van der Waals surface area contributed by atoms with E-state index in [2.05, 4.69) is 30.7 Å². The lowest BCUT2D eigenvalue weighted by Gasteiger charge is -2.37. The summed E-state index contributed by atoms with van der Waals surface area (Å²) in [5, 5.41) is 0. The summed E-state index contributed by atoms with van der Waals surface area (Å²) >= 11 is 0. The van der Waals surface area contributed by atoms with Gasteiger partial charge in [-0.3, -0.25) is 0 Å². The fraction of sp³-hybridized carbons (Fsp3) is 0.455. The maximum absolute atomic E-state index is 13.0. The quantitative estimate of drug-likeness (QED) is 0.748. The van der Waals surface area contributed by atoms with Gasteiger partial charge in [-0.25, -0.2) is 8.42 Å². The molecule has 2 heterocycles. The van der Waals surface area contributed by atoms with Crippen LogP contribution in [0.2, 0.25) is 0 Å². The van der Waals surface area contributed by atoms with Crippen LogP contribution >= 0.6 is 12.4 Å². The van der Waals surface area contributed by atoms with E-state index < -0.39 is 9.84 Å². The standard InChI is InChI=1S/C22H28N2O2S.ClH/c1-22(2)16-24(17-11-13-23(3)14-12-17)21-10-9-19(15-20(21)22)27(25,26)18-7-5-4-6-8-18;/h4-10,15,17H,11-14,16H2,1-3H3;1H. The van der Waals surface area contributed by atoms with Crippen molar-refractivity contribution in [1.82, 2.24) is 4.90 Å². The van der Waals surface area contributed by atoms with Gasteiger partial charge in [0, 0.05) is 23.7 Å². The molecule has 2 aliphatic rings. The summed E-state index contributed by atoms with van der Waals surface area (Å²) in [6, 6.07) is 15.0. The number of halogens is 1. The van der Waals surface area contributed by atoms with Crippen LogP contribution in [0.25, 0.3) is 0 Å². The molecule has 0 atom stereocenters. The molecular weight excluding hydrogens is 392 g/mol. The predicted octanol–water partition coefficient (Wildman–Crippen LogP) is 4.13. The van der Waals surface area contributed by atoms with Gasteiger partial charge >= 0.3 is 0 Å². The van der Waals surface area contributed by atoms with Crippen molar-refractivity contribution < 1.29 is 8.42 Å². The molecule has 1 saturated heterocycles. The van der Waals surface area contributed by atoms with E-state index in [1.807, 2.05) is 18.2 Å². The van der Waals surface area contributed by atoms with Crippen LogP contribution in [-0.2, 0) is 15.3 Å². The minimum atomic E-state index is -3.49. The number of benzene rings is 2. The second-order valence-electron chi connectivity index (χ2n) is 8.54. The van der Waals surface area contributed by atoms with Gasteiger partial charge in [0.15, 0.2) is 0 Å². The largest absolute Gasteiger partial charge is 0.367 e. The maximum atomic E-state index is 13.0. The zero-order valence-electron chi connectivity index (χ0n) is 16.8. The van der Waals surface area contributed by atoms with E-state index in [9.17, 15) is 8.42 Å². The summed E-state index contributed by atoms with van der Waals surface area (Å²) in [6.07, 6.45) is 2.33. The molecule has 28 heavy (non-hydrogen) atoms. The van der Waals surface area contributed by atoms with E-state index in [1.54, 1.807) is 30.3 Å². The van der Waals surface area contributed by atoms with Crippen LogP contribution in [0.5, 0.6) is 0 Å². The van der Waals surface area contributed by atoms with Crippen molar-refractivity contribution in [1.29, 1.82) is 0 Å². The summed E-state index contributed by atoms with van der Waals surface area (Å²) in [6.45, 7) is 7.64. The first kappa shape index (κ1) is 21.2. The first-order valence-electron chi connectivity index (χ1n) is 9.69. The highest BCUT2D eigenvalue weighted by atomic mass is 35.5. The molecule has 2 aliphatic heterocycles. The van der Waals surface area contributed by atoms with E-state index in [0.29, 0.717) is 15.8 Å². The average molecular weight is 421 g/mol. The molecule has 1 fully saturated rings. The number of sulfone groups is 1. The Morgan fingerprint density at radius 1 is 0.964 bits per heavy atom. The molecule has 0 amide bonds. The van der Waals surface area contributed by atoms with Crippen LogP contribution in [0.3, 0.4) is 0 Å². The summed E-state index contributed by atoms with van der Waals surface area (Å²) < 4.78 is 26.1. The van der Waals surface area contributed by atoms with Crippen molar-refractivity contribution in [2.75, 3.05) is 31.6 Å². The van der Waals surface area contributed by atoms with Crippen LogP contribution < -0.4 is 4.90 Å². The van der Waals surface area contributed by atoms with Gasteiger partial charge in [0.25, 0.3) is 0 Å². The molecule has 0 radical (unpaired) electrons. The van der Waals surface area contributed by atoms with Gasteiger partial charge in [0.05, 0.1) is 9.79 Å². The maximum Gasteiger partial charge on any atom is 0.206 e. The highest BCUT2D eigenvalue weighted by Crippen LogP contribution is 2.44. The molecule has 0 aromatic heterocycles. The summed E-state index contributed by atoms with van der Waals surface area (Å²) in [5.41, 5.74) is 2.31. The van der Waals surface area contributed by atoms with Crippen molar-refractivity contribution in [3.63, 3.8) is 0 Å². The Labute approximate surface area is 174 Å². The summed E-state index contributed by atoms with van der Waals surface area (Å²) in [7, 11) is -1.31. The Morgan fingerprint density at radius 2 is 1.61 bits per heavy atom. The van der Waals surface area contributed by atoms with Gasteiger partial charge < -0.3 is 9.80 Å². The van der Waals surface area contributed by atoms with Crippen molar-refractivity contribution >= 4 is 27.9 Å². The lowest BCUT2D eigenvalue weighted by molar-refractivity contribution is 0.248. The molecule has 0 saturated carbocycles. The lowest BCUT2D eigenvalue weighted by atomic mass is 9.87. The van der Waals surface area contributed by atoms with Crippen LogP contribution in [0.15, 0.2) is 58.3 Å². The molecule has 6 heteroatoms. The fourth-order valence-electron chi connectivity index (χ4n) is 4.44. The van der Waals surface area contributed by atoms with E-state index >= 15 is 0 Å². The van der Waals surface area contributed by atoms with Gasteiger partial charge in [0.2, 0.25) is 9.84 Å². The number of fused-ring (bicyclic) bond motifs is 1. The summed E-state index contributed by atoms with van der Waals surface area (Å²) in [4.78, 5) is 5.65. The molecule has 2 aromatic carbocycles. The zero-order valence-corrected chi connectivity index (χ0v) is 18.4. The molecule has 0 N–H and O–H groups in total. The Morgan fingerprint density at radius 3 is 2.25 bits per heavy atom. The number of likely N-dealkylation sites (tertiary alicyclic amines) is 1. The van der Waals surface area contributed by atoms with Crippen molar-refractivity contribution in [2.45, 2.75) is 47.9 Å². The van der Waals surface area contributed by atoms with Crippen molar-refractivity contribution in [3.05, 3.63) is 54.1 Å².